The summed E-state index contributed by atoms with van der Waals surface area (Å²) in [4.78, 5) is 23.4. The standard InChI is InChI=1S/C22H27ClN4O3/c23-18-7-1-2-9-20(18)30-16-6-4-10-27(13-16)21-17(12-24-14-26-21)22(29)25-11-15-5-3-8-19(15)28/h1-2,7,9,12,14-16,19,28H,3-6,8,10-11,13H2,(H,25,29)/t15-,16?,19-/m0/s1. The molecule has 8 heteroatoms. The second-order valence-corrected chi connectivity index (χ2v) is 8.39. The fraction of sp³-hybridized carbons (Fsp3) is 0.500. The molecule has 2 N–H and O–H groups in total. The molecule has 1 amide bonds. The second kappa shape index (κ2) is 9.62. The van der Waals surface area contributed by atoms with Gasteiger partial charge in [-0.1, -0.05) is 30.2 Å². The van der Waals surface area contributed by atoms with E-state index in [2.05, 4.69) is 20.2 Å². The highest BCUT2D eigenvalue weighted by atomic mass is 35.5. The van der Waals surface area contributed by atoms with Gasteiger partial charge in [0.25, 0.3) is 5.91 Å². The van der Waals surface area contributed by atoms with Crippen molar-refractivity contribution in [2.45, 2.75) is 44.3 Å². The molecule has 1 saturated carbocycles. The van der Waals surface area contributed by atoms with E-state index in [0.29, 0.717) is 35.2 Å². The molecule has 1 saturated heterocycles. The van der Waals surface area contributed by atoms with E-state index in [-0.39, 0.29) is 24.0 Å². The number of anilines is 1. The maximum Gasteiger partial charge on any atom is 0.256 e. The summed E-state index contributed by atoms with van der Waals surface area (Å²) in [5.41, 5.74) is 0.448. The first-order valence-electron chi connectivity index (χ1n) is 10.5. The summed E-state index contributed by atoms with van der Waals surface area (Å²) in [5, 5.41) is 13.5. The molecule has 4 rings (SSSR count). The molecule has 2 fully saturated rings. The summed E-state index contributed by atoms with van der Waals surface area (Å²) in [5.74, 6) is 1.19. The Hall–Kier alpha value is -2.38. The molecule has 2 heterocycles. The third-order valence-electron chi connectivity index (χ3n) is 5.89. The molecule has 7 nitrogen and oxygen atoms in total. The van der Waals surface area contributed by atoms with Crippen molar-refractivity contribution in [3.8, 4) is 5.75 Å². The number of nitrogens with one attached hydrogen (secondary N) is 1. The molecule has 0 spiro atoms. The van der Waals surface area contributed by atoms with Crippen LogP contribution in [0.4, 0.5) is 5.82 Å². The number of benzene rings is 1. The molecule has 0 radical (unpaired) electrons. The Morgan fingerprint density at radius 3 is 2.93 bits per heavy atom. The first-order valence-corrected chi connectivity index (χ1v) is 10.9. The maximum absolute atomic E-state index is 12.8. The van der Waals surface area contributed by atoms with Gasteiger partial charge in [0.05, 0.1) is 17.7 Å². The Morgan fingerprint density at radius 2 is 2.13 bits per heavy atom. The first-order chi connectivity index (χ1) is 14.6. The lowest BCUT2D eigenvalue weighted by Gasteiger charge is -2.34. The van der Waals surface area contributed by atoms with Crippen molar-refractivity contribution in [2.24, 2.45) is 5.92 Å². The van der Waals surface area contributed by atoms with Crippen molar-refractivity contribution in [3.05, 3.63) is 47.4 Å². The van der Waals surface area contributed by atoms with Gasteiger partial charge in [-0.3, -0.25) is 4.79 Å². The Morgan fingerprint density at radius 1 is 1.27 bits per heavy atom. The van der Waals surface area contributed by atoms with Gasteiger partial charge in [-0.15, -0.1) is 0 Å². The number of hydrogen-bond acceptors (Lipinski definition) is 6. The van der Waals surface area contributed by atoms with Crippen molar-refractivity contribution in [3.63, 3.8) is 0 Å². The zero-order valence-corrected chi connectivity index (χ0v) is 17.6. The van der Waals surface area contributed by atoms with E-state index in [0.717, 1.165) is 38.6 Å². The van der Waals surface area contributed by atoms with Gasteiger partial charge in [0.2, 0.25) is 0 Å². The van der Waals surface area contributed by atoms with Gasteiger partial charge in [-0.2, -0.15) is 0 Å². The number of carbonyl (C=O) groups is 1. The molecule has 160 valence electrons. The Bertz CT molecular complexity index is 881. The zero-order valence-electron chi connectivity index (χ0n) is 16.8. The lowest BCUT2D eigenvalue weighted by atomic mass is 10.1. The number of hydrogen-bond donors (Lipinski definition) is 2. The van der Waals surface area contributed by atoms with Crippen molar-refractivity contribution < 1.29 is 14.6 Å². The lowest BCUT2D eigenvalue weighted by Crippen LogP contribution is -2.43. The number of para-hydroxylation sites is 1. The number of rotatable bonds is 6. The SMILES string of the molecule is O=C(NC[C@@H]1CCC[C@@H]1O)c1cncnc1N1CCCC(Oc2ccccc2Cl)C1. The van der Waals surface area contributed by atoms with E-state index in [4.69, 9.17) is 16.3 Å². The van der Waals surface area contributed by atoms with E-state index < -0.39 is 0 Å². The van der Waals surface area contributed by atoms with Crippen LogP contribution in [0.1, 0.15) is 42.5 Å². The normalized spacial score (nSPS) is 23.9. The molecule has 1 aliphatic carbocycles. The van der Waals surface area contributed by atoms with Crippen LogP contribution >= 0.6 is 11.6 Å². The summed E-state index contributed by atoms with van der Waals surface area (Å²) in [6.45, 7) is 1.87. The molecule has 0 bridgehead atoms. The van der Waals surface area contributed by atoms with E-state index in [9.17, 15) is 9.90 Å². The highest BCUT2D eigenvalue weighted by Crippen LogP contribution is 2.28. The zero-order chi connectivity index (χ0) is 20.9. The van der Waals surface area contributed by atoms with Gasteiger partial charge < -0.3 is 20.1 Å². The van der Waals surface area contributed by atoms with Crippen LogP contribution in [0.3, 0.4) is 0 Å². The van der Waals surface area contributed by atoms with Gasteiger partial charge in [-0.05, 0) is 37.8 Å². The minimum atomic E-state index is -0.332. The lowest BCUT2D eigenvalue weighted by molar-refractivity contribution is 0.0916. The van der Waals surface area contributed by atoms with Crippen LogP contribution < -0.4 is 15.0 Å². The van der Waals surface area contributed by atoms with Gasteiger partial charge in [0.1, 0.15) is 29.6 Å². The number of nitrogens with zero attached hydrogens (tertiary/aromatic N) is 3. The van der Waals surface area contributed by atoms with Gasteiger partial charge in [-0.25, -0.2) is 9.97 Å². The average Bonchev–Trinajstić information content (AvgIpc) is 3.18. The predicted octanol–water partition coefficient (Wildman–Crippen LogP) is 3.07. The van der Waals surface area contributed by atoms with Crippen LogP contribution in [0.2, 0.25) is 5.02 Å². The molecule has 1 unspecified atom stereocenters. The molecule has 1 aromatic carbocycles. The van der Waals surface area contributed by atoms with E-state index in [1.807, 2.05) is 24.3 Å². The monoisotopic (exact) mass is 430 g/mol. The summed E-state index contributed by atoms with van der Waals surface area (Å²) >= 11 is 6.23. The molecule has 1 aliphatic heterocycles. The van der Waals surface area contributed by atoms with Crippen molar-refractivity contribution in [1.29, 1.82) is 0 Å². The van der Waals surface area contributed by atoms with Gasteiger partial charge >= 0.3 is 0 Å². The third-order valence-corrected chi connectivity index (χ3v) is 6.20. The topological polar surface area (TPSA) is 87.6 Å². The van der Waals surface area contributed by atoms with Crippen LogP contribution in [0.5, 0.6) is 5.75 Å². The first kappa shape index (κ1) is 20.9. The fourth-order valence-electron chi connectivity index (χ4n) is 4.26. The average molecular weight is 431 g/mol. The molecule has 2 aromatic rings. The number of amides is 1. The number of carbonyl (C=O) groups excluding carboxylic acids is 1. The second-order valence-electron chi connectivity index (χ2n) is 7.99. The number of piperidine rings is 1. The fourth-order valence-corrected chi connectivity index (χ4v) is 4.44. The maximum atomic E-state index is 12.8. The Labute approximate surface area is 181 Å². The van der Waals surface area contributed by atoms with Crippen LogP contribution in [0.25, 0.3) is 0 Å². The van der Waals surface area contributed by atoms with Crippen molar-refractivity contribution in [2.75, 3.05) is 24.5 Å². The van der Waals surface area contributed by atoms with Crippen molar-refractivity contribution >= 4 is 23.3 Å². The smallest absolute Gasteiger partial charge is 0.256 e. The molecule has 3 atom stereocenters. The van der Waals surface area contributed by atoms with E-state index in [1.165, 1.54) is 6.33 Å². The Balaban J connectivity index is 1.43. The molecule has 30 heavy (non-hydrogen) atoms. The number of halogens is 1. The van der Waals surface area contributed by atoms with Crippen LogP contribution in [0, 0.1) is 5.92 Å². The summed E-state index contributed by atoms with van der Waals surface area (Å²) in [6.07, 6.45) is 7.23. The van der Waals surface area contributed by atoms with E-state index >= 15 is 0 Å². The summed E-state index contributed by atoms with van der Waals surface area (Å²) in [6, 6.07) is 7.45. The van der Waals surface area contributed by atoms with Gasteiger partial charge in [0.15, 0.2) is 0 Å². The van der Waals surface area contributed by atoms with Crippen LogP contribution in [-0.2, 0) is 0 Å². The molecular formula is C22H27ClN4O3. The molecule has 2 aliphatic rings. The van der Waals surface area contributed by atoms with E-state index in [1.54, 1.807) is 6.20 Å². The highest BCUT2D eigenvalue weighted by molar-refractivity contribution is 6.32. The number of aliphatic hydroxyl groups excluding tert-OH is 1. The quantitative estimate of drug-likeness (QED) is 0.732. The predicted molar refractivity (Wildman–Crippen MR) is 115 cm³/mol. The largest absolute Gasteiger partial charge is 0.487 e. The minimum absolute atomic E-state index is 0.0434. The number of ether oxygens (including phenoxy) is 1. The van der Waals surface area contributed by atoms with Crippen LogP contribution in [-0.4, -0.2) is 52.8 Å². The summed E-state index contributed by atoms with van der Waals surface area (Å²) in [7, 11) is 0. The highest BCUT2D eigenvalue weighted by Gasteiger charge is 2.28. The summed E-state index contributed by atoms with van der Waals surface area (Å²) < 4.78 is 6.12. The third kappa shape index (κ3) is 4.84. The minimum Gasteiger partial charge on any atom is -0.487 e. The molecular weight excluding hydrogens is 404 g/mol. The van der Waals surface area contributed by atoms with Gasteiger partial charge in [0, 0.05) is 25.2 Å². The molecule has 1 aromatic heterocycles. The number of aliphatic hydroxyl groups is 1. The van der Waals surface area contributed by atoms with Crippen molar-refractivity contribution in [1.82, 2.24) is 15.3 Å². The van der Waals surface area contributed by atoms with Crippen LogP contribution in [0.15, 0.2) is 36.8 Å². The number of aromatic nitrogens is 2. The Kier molecular flexibility index (Phi) is 6.69.